The summed E-state index contributed by atoms with van der Waals surface area (Å²) >= 11 is 6.23. The van der Waals surface area contributed by atoms with Crippen LogP contribution in [-0.4, -0.2) is 15.5 Å². The molecule has 0 bridgehead atoms. The fraction of sp³-hybridized carbons (Fsp3) is 0.263. The number of imidazole rings is 1. The zero-order valence-corrected chi connectivity index (χ0v) is 14.6. The maximum atomic E-state index is 11.5. The molecule has 2 aromatic carbocycles. The van der Waals surface area contributed by atoms with Gasteiger partial charge in [0.25, 0.3) is 0 Å². The minimum atomic E-state index is -0.543. The van der Waals surface area contributed by atoms with E-state index in [4.69, 9.17) is 17.3 Å². The number of nitrogens with two attached hydrogens (primary N) is 1. The van der Waals surface area contributed by atoms with Crippen LogP contribution in [0.2, 0.25) is 5.02 Å². The Morgan fingerprint density at radius 3 is 2.50 bits per heavy atom. The van der Waals surface area contributed by atoms with E-state index in [1.165, 1.54) is 5.56 Å². The second-order valence-electron chi connectivity index (χ2n) is 5.82. The van der Waals surface area contributed by atoms with E-state index >= 15 is 0 Å². The minimum absolute atomic E-state index is 0.301. The van der Waals surface area contributed by atoms with Crippen molar-refractivity contribution >= 4 is 28.5 Å². The van der Waals surface area contributed by atoms with E-state index in [0.717, 1.165) is 41.8 Å². The van der Waals surface area contributed by atoms with Gasteiger partial charge in [-0.1, -0.05) is 44.0 Å². The van der Waals surface area contributed by atoms with Crippen molar-refractivity contribution < 1.29 is 4.79 Å². The number of hydrogen-bond donors (Lipinski definition) is 1. The summed E-state index contributed by atoms with van der Waals surface area (Å²) in [5, 5.41) is 0.349. The molecule has 0 fully saturated rings. The van der Waals surface area contributed by atoms with Crippen LogP contribution in [-0.2, 0) is 12.8 Å². The van der Waals surface area contributed by atoms with E-state index in [9.17, 15) is 4.79 Å². The van der Waals surface area contributed by atoms with E-state index in [2.05, 4.69) is 47.7 Å². The van der Waals surface area contributed by atoms with Gasteiger partial charge >= 0.3 is 0 Å². The van der Waals surface area contributed by atoms with Gasteiger partial charge in [0.2, 0.25) is 5.91 Å². The van der Waals surface area contributed by atoms with Gasteiger partial charge in [-0.2, -0.15) is 0 Å². The van der Waals surface area contributed by atoms with Crippen LogP contribution in [0.1, 0.15) is 42.0 Å². The number of primary amides is 1. The first kappa shape index (κ1) is 16.5. The smallest absolute Gasteiger partial charge is 0.250 e. The lowest BCUT2D eigenvalue weighted by Crippen LogP contribution is -2.11. The number of aromatic nitrogens is 2. The van der Waals surface area contributed by atoms with Crippen LogP contribution >= 0.6 is 11.6 Å². The van der Waals surface area contributed by atoms with Crippen molar-refractivity contribution in [2.24, 2.45) is 5.73 Å². The number of fused-ring (bicyclic) bond motifs is 1. The quantitative estimate of drug-likeness (QED) is 0.752. The number of halogens is 1. The number of hydrogen-bond acceptors (Lipinski definition) is 2. The van der Waals surface area contributed by atoms with Gasteiger partial charge in [0, 0.05) is 12.1 Å². The highest BCUT2D eigenvalue weighted by Gasteiger charge is 2.16. The van der Waals surface area contributed by atoms with Gasteiger partial charge in [-0.3, -0.25) is 9.36 Å². The van der Waals surface area contributed by atoms with E-state index < -0.39 is 5.91 Å². The van der Waals surface area contributed by atoms with E-state index in [1.54, 1.807) is 12.1 Å². The summed E-state index contributed by atoms with van der Waals surface area (Å²) < 4.78 is 2.09. The summed E-state index contributed by atoms with van der Waals surface area (Å²) in [5.41, 5.74) is 9.64. The molecule has 0 aliphatic heterocycles. The predicted octanol–water partition coefficient (Wildman–Crippen LogP) is 4.29. The molecule has 4 nitrogen and oxygen atoms in total. The molecule has 0 saturated carbocycles. The van der Waals surface area contributed by atoms with Crippen molar-refractivity contribution in [1.82, 2.24) is 9.55 Å². The third-order valence-electron chi connectivity index (χ3n) is 4.13. The molecule has 0 spiro atoms. The minimum Gasteiger partial charge on any atom is -0.366 e. The monoisotopic (exact) mass is 341 g/mol. The summed E-state index contributed by atoms with van der Waals surface area (Å²) in [6.45, 7) is 4.23. The lowest BCUT2D eigenvalue weighted by molar-refractivity contribution is 0.100. The maximum Gasteiger partial charge on any atom is 0.250 e. The molecule has 0 saturated heterocycles. The number of carbonyl (C=O) groups excluding carboxylic acids is 1. The molecule has 3 aromatic rings. The number of aryl methyl sites for hydroxylation is 2. The zero-order chi connectivity index (χ0) is 17.3. The summed E-state index contributed by atoms with van der Waals surface area (Å²) in [5.74, 6) is 0.379. The molecule has 0 aliphatic rings. The van der Waals surface area contributed by atoms with Crippen molar-refractivity contribution in [1.29, 1.82) is 0 Å². The Kier molecular flexibility index (Phi) is 4.58. The van der Waals surface area contributed by atoms with Gasteiger partial charge in [-0.15, -0.1) is 0 Å². The van der Waals surface area contributed by atoms with Crippen LogP contribution in [0.25, 0.3) is 16.7 Å². The van der Waals surface area contributed by atoms with Crippen molar-refractivity contribution in [3.8, 4) is 5.69 Å². The second-order valence-corrected chi connectivity index (χ2v) is 6.23. The van der Waals surface area contributed by atoms with Gasteiger partial charge < -0.3 is 5.73 Å². The predicted molar refractivity (Wildman–Crippen MR) is 98.0 cm³/mol. The SMILES string of the molecule is CCCc1ccc(-n2c(CC)nc3cc(C(N)=O)c(Cl)cc32)cc1. The molecule has 24 heavy (non-hydrogen) atoms. The first-order valence-electron chi connectivity index (χ1n) is 8.15. The van der Waals surface area contributed by atoms with E-state index in [-0.39, 0.29) is 0 Å². The Bertz CT molecular complexity index is 897. The molecular formula is C19H20ClN3O. The number of benzene rings is 2. The highest BCUT2D eigenvalue weighted by Crippen LogP contribution is 2.28. The molecule has 1 aromatic heterocycles. The Morgan fingerprint density at radius 1 is 1.21 bits per heavy atom. The molecule has 124 valence electrons. The lowest BCUT2D eigenvalue weighted by atomic mass is 10.1. The largest absolute Gasteiger partial charge is 0.366 e. The maximum absolute atomic E-state index is 11.5. The number of nitrogens with zero attached hydrogens (tertiary/aromatic N) is 2. The van der Waals surface area contributed by atoms with E-state index in [0.29, 0.717) is 10.6 Å². The molecule has 2 N–H and O–H groups in total. The van der Waals surface area contributed by atoms with Gasteiger partial charge in [0.1, 0.15) is 5.82 Å². The van der Waals surface area contributed by atoms with Crippen LogP contribution in [0.15, 0.2) is 36.4 Å². The van der Waals surface area contributed by atoms with E-state index in [1.807, 2.05) is 0 Å². The fourth-order valence-corrected chi connectivity index (χ4v) is 3.21. The Balaban J connectivity index is 2.19. The van der Waals surface area contributed by atoms with Crippen molar-refractivity contribution in [3.63, 3.8) is 0 Å². The van der Waals surface area contributed by atoms with Crippen LogP contribution in [0.4, 0.5) is 0 Å². The van der Waals surface area contributed by atoms with Crippen LogP contribution in [0.5, 0.6) is 0 Å². The highest BCUT2D eigenvalue weighted by molar-refractivity contribution is 6.34. The Hall–Kier alpha value is -2.33. The summed E-state index contributed by atoms with van der Waals surface area (Å²) in [4.78, 5) is 16.1. The number of rotatable bonds is 5. The topological polar surface area (TPSA) is 60.9 Å². The van der Waals surface area contributed by atoms with Gasteiger partial charge in [-0.05, 0) is 36.2 Å². The summed E-state index contributed by atoms with van der Waals surface area (Å²) in [7, 11) is 0. The van der Waals surface area contributed by atoms with Crippen LogP contribution in [0.3, 0.4) is 0 Å². The van der Waals surface area contributed by atoms with Gasteiger partial charge in [0.15, 0.2) is 0 Å². The standard InChI is InChI=1S/C19H20ClN3O/c1-3-5-12-6-8-13(9-7-12)23-17-11-15(20)14(19(21)24)10-16(17)22-18(23)4-2/h6-11H,3-5H2,1-2H3,(H2,21,24). The van der Waals surface area contributed by atoms with Crippen LogP contribution in [0, 0.1) is 0 Å². The van der Waals surface area contributed by atoms with Crippen molar-refractivity contribution in [3.05, 3.63) is 58.4 Å². The normalized spacial score (nSPS) is 11.1. The average Bonchev–Trinajstić information content (AvgIpc) is 2.92. The fourth-order valence-electron chi connectivity index (χ4n) is 2.96. The molecular weight excluding hydrogens is 322 g/mol. The third-order valence-corrected chi connectivity index (χ3v) is 4.44. The molecule has 0 atom stereocenters. The Morgan fingerprint density at radius 2 is 1.92 bits per heavy atom. The molecule has 3 rings (SSSR count). The summed E-state index contributed by atoms with van der Waals surface area (Å²) in [6.07, 6.45) is 2.97. The zero-order valence-electron chi connectivity index (χ0n) is 13.8. The first-order valence-corrected chi connectivity index (χ1v) is 8.53. The summed E-state index contributed by atoms with van der Waals surface area (Å²) in [6, 6.07) is 11.9. The third kappa shape index (κ3) is 2.89. The van der Waals surface area contributed by atoms with Gasteiger partial charge in [0.05, 0.1) is 21.6 Å². The molecule has 0 unspecified atom stereocenters. The number of amides is 1. The molecule has 1 amide bonds. The average molecular weight is 342 g/mol. The molecule has 0 radical (unpaired) electrons. The van der Waals surface area contributed by atoms with Crippen molar-refractivity contribution in [2.75, 3.05) is 0 Å². The molecule has 1 heterocycles. The molecule has 0 aliphatic carbocycles. The highest BCUT2D eigenvalue weighted by atomic mass is 35.5. The second kappa shape index (κ2) is 6.65. The van der Waals surface area contributed by atoms with Crippen molar-refractivity contribution in [2.45, 2.75) is 33.1 Å². The molecule has 5 heteroatoms. The lowest BCUT2D eigenvalue weighted by Gasteiger charge is -2.10. The Labute approximate surface area is 146 Å². The van der Waals surface area contributed by atoms with Crippen LogP contribution < -0.4 is 5.73 Å². The first-order chi connectivity index (χ1) is 11.5. The number of carbonyl (C=O) groups is 1. The van der Waals surface area contributed by atoms with Gasteiger partial charge in [-0.25, -0.2) is 4.98 Å².